The predicted octanol–water partition coefficient (Wildman–Crippen LogP) is 4.55. The molecule has 7 nitrogen and oxygen atoms in total. The summed E-state index contributed by atoms with van der Waals surface area (Å²) in [5.41, 5.74) is 3.00. The van der Waals surface area contributed by atoms with E-state index in [0.717, 1.165) is 16.8 Å². The Kier molecular flexibility index (Phi) is 8.64. The molecule has 1 amide bonds. The van der Waals surface area contributed by atoms with Gasteiger partial charge in [-0.3, -0.25) is 4.79 Å². The second-order valence-electron chi connectivity index (χ2n) is 8.90. The SMILES string of the molecule is COc1ccc(S(=O)(=O)NC(Cc2ccccc2)C(=O)N2CCN(c3cc(Cl)ccc3C)CC2)cc1Cl. The maximum absolute atomic E-state index is 13.7. The molecule has 1 aliphatic rings. The van der Waals surface area contributed by atoms with Crippen molar-refractivity contribution in [2.75, 3.05) is 38.2 Å². The van der Waals surface area contributed by atoms with Crippen molar-refractivity contribution in [3.63, 3.8) is 0 Å². The smallest absolute Gasteiger partial charge is 0.241 e. The molecule has 1 aliphatic heterocycles. The van der Waals surface area contributed by atoms with E-state index in [9.17, 15) is 13.2 Å². The van der Waals surface area contributed by atoms with Crippen molar-refractivity contribution in [2.45, 2.75) is 24.3 Å². The molecule has 1 heterocycles. The number of amides is 1. The summed E-state index contributed by atoms with van der Waals surface area (Å²) in [4.78, 5) is 17.5. The normalized spacial score (nSPS) is 14.9. The number of methoxy groups -OCH3 is 1. The number of ether oxygens (including phenoxy) is 1. The zero-order chi connectivity index (χ0) is 26.6. The molecular formula is C27H29Cl2N3O4S. The van der Waals surface area contributed by atoms with E-state index in [-0.39, 0.29) is 22.2 Å². The van der Waals surface area contributed by atoms with Gasteiger partial charge in [-0.25, -0.2) is 8.42 Å². The molecule has 4 rings (SSSR count). The van der Waals surface area contributed by atoms with Crippen LogP contribution in [-0.4, -0.2) is 58.6 Å². The van der Waals surface area contributed by atoms with Crippen LogP contribution in [0.4, 0.5) is 5.69 Å². The van der Waals surface area contributed by atoms with Gasteiger partial charge in [0, 0.05) is 36.9 Å². The van der Waals surface area contributed by atoms with Gasteiger partial charge in [-0.2, -0.15) is 4.72 Å². The number of piperazine rings is 1. The third kappa shape index (κ3) is 6.57. The number of rotatable bonds is 8. The van der Waals surface area contributed by atoms with Crippen LogP contribution in [0, 0.1) is 6.92 Å². The van der Waals surface area contributed by atoms with Gasteiger partial charge in [0.15, 0.2) is 0 Å². The van der Waals surface area contributed by atoms with Gasteiger partial charge in [-0.1, -0.05) is 59.6 Å². The van der Waals surface area contributed by atoms with E-state index in [1.54, 1.807) is 4.90 Å². The summed E-state index contributed by atoms with van der Waals surface area (Å²) in [5, 5.41) is 0.832. The van der Waals surface area contributed by atoms with Gasteiger partial charge in [0.05, 0.1) is 17.0 Å². The van der Waals surface area contributed by atoms with E-state index in [0.29, 0.717) is 37.0 Å². The minimum absolute atomic E-state index is 0.0367. The first-order valence-electron chi connectivity index (χ1n) is 11.9. The van der Waals surface area contributed by atoms with Crippen LogP contribution >= 0.6 is 23.2 Å². The van der Waals surface area contributed by atoms with E-state index in [1.807, 2.05) is 55.5 Å². The molecule has 37 heavy (non-hydrogen) atoms. The number of sulfonamides is 1. The standard InChI is InChI=1S/C27H29Cl2N3O4S/c1-19-8-9-21(28)17-25(19)31-12-14-32(15-13-31)27(33)24(16-20-6-4-3-5-7-20)30-37(34,35)22-10-11-26(36-2)23(29)18-22/h3-11,17-18,24,30H,12-16H2,1-2H3. The minimum atomic E-state index is -4.04. The predicted molar refractivity (Wildman–Crippen MR) is 147 cm³/mol. The third-order valence-corrected chi connectivity index (χ3v) is 8.41. The number of carbonyl (C=O) groups is 1. The van der Waals surface area contributed by atoms with Crippen LogP contribution in [0.25, 0.3) is 0 Å². The average Bonchev–Trinajstić information content (AvgIpc) is 2.90. The number of nitrogens with one attached hydrogen (secondary N) is 1. The summed E-state index contributed by atoms with van der Waals surface area (Å²) in [7, 11) is -2.58. The molecule has 1 saturated heterocycles. The Morgan fingerprint density at radius 2 is 1.70 bits per heavy atom. The molecule has 10 heteroatoms. The molecule has 0 radical (unpaired) electrons. The highest BCUT2D eigenvalue weighted by atomic mass is 35.5. The zero-order valence-corrected chi connectivity index (χ0v) is 23.0. The highest BCUT2D eigenvalue weighted by Gasteiger charge is 2.32. The van der Waals surface area contributed by atoms with E-state index in [4.69, 9.17) is 27.9 Å². The van der Waals surface area contributed by atoms with E-state index in [1.165, 1.54) is 25.3 Å². The van der Waals surface area contributed by atoms with Crippen LogP contribution in [-0.2, 0) is 21.2 Å². The Morgan fingerprint density at radius 1 is 1.00 bits per heavy atom. The van der Waals surface area contributed by atoms with Gasteiger partial charge < -0.3 is 14.5 Å². The molecule has 0 aliphatic carbocycles. The minimum Gasteiger partial charge on any atom is -0.495 e. The number of nitrogens with zero attached hydrogens (tertiary/aromatic N) is 2. The van der Waals surface area contributed by atoms with Gasteiger partial charge in [-0.05, 0) is 54.8 Å². The molecule has 1 atom stereocenters. The zero-order valence-electron chi connectivity index (χ0n) is 20.7. The van der Waals surface area contributed by atoms with Crippen LogP contribution < -0.4 is 14.4 Å². The number of benzene rings is 3. The first-order valence-corrected chi connectivity index (χ1v) is 14.1. The maximum atomic E-state index is 13.7. The van der Waals surface area contributed by atoms with Gasteiger partial charge in [-0.15, -0.1) is 0 Å². The number of hydrogen-bond donors (Lipinski definition) is 1. The molecule has 1 N–H and O–H groups in total. The number of halogens is 2. The van der Waals surface area contributed by atoms with Crippen molar-refractivity contribution in [3.05, 3.63) is 87.9 Å². The Hall–Kier alpha value is -2.78. The average molecular weight is 563 g/mol. The van der Waals surface area contributed by atoms with Crippen LogP contribution in [0.3, 0.4) is 0 Å². The molecule has 1 unspecified atom stereocenters. The third-order valence-electron chi connectivity index (χ3n) is 6.41. The monoisotopic (exact) mass is 561 g/mol. The Morgan fingerprint density at radius 3 is 2.35 bits per heavy atom. The van der Waals surface area contributed by atoms with Gasteiger partial charge in [0.1, 0.15) is 11.8 Å². The van der Waals surface area contributed by atoms with Gasteiger partial charge >= 0.3 is 0 Å². The second-order valence-corrected chi connectivity index (χ2v) is 11.5. The first-order chi connectivity index (χ1) is 17.7. The molecule has 0 saturated carbocycles. The molecule has 3 aromatic rings. The highest BCUT2D eigenvalue weighted by Crippen LogP contribution is 2.28. The molecule has 0 bridgehead atoms. The van der Waals surface area contributed by atoms with Gasteiger partial charge in [0.25, 0.3) is 0 Å². The van der Waals surface area contributed by atoms with E-state index in [2.05, 4.69) is 9.62 Å². The Bertz CT molecular complexity index is 1360. The summed E-state index contributed by atoms with van der Waals surface area (Å²) in [6, 6.07) is 18.3. The summed E-state index contributed by atoms with van der Waals surface area (Å²) in [6.07, 6.45) is 0.219. The molecule has 1 fully saturated rings. The van der Waals surface area contributed by atoms with Crippen molar-refractivity contribution in [3.8, 4) is 5.75 Å². The van der Waals surface area contributed by atoms with Crippen molar-refractivity contribution in [1.82, 2.24) is 9.62 Å². The molecule has 196 valence electrons. The summed E-state index contributed by atoms with van der Waals surface area (Å²) in [5.74, 6) is 0.0971. The van der Waals surface area contributed by atoms with Gasteiger partial charge in [0.2, 0.25) is 15.9 Å². The fourth-order valence-electron chi connectivity index (χ4n) is 4.41. The van der Waals surface area contributed by atoms with E-state index < -0.39 is 16.1 Å². The number of anilines is 1. The topological polar surface area (TPSA) is 78.9 Å². The fourth-order valence-corrected chi connectivity index (χ4v) is 6.11. The van der Waals surface area contributed by atoms with Crippen LogP contribution in [0.2, 0.25) is 10.0 Å². The van der Waals surface area contributed by atoms with Crippen molar-refractivity contribution >= 4 is 44.8 Å². The van der Waals surface area contributed by atoms with Crippen molar-refractivity contribution in [2.24, 2.45) is 0 Å². The maximum Gasteiger partial charge on any atom is 0.241 e. The van der Waals surface area contributed by atoms with Crippen molar-refractivity contribution < 1.29 is 17.9 Å². The lowest BCUT2D eigenvalue weighted by molar-refractivity contribution is -0.133. The lowest BCUT2D eigenvalue weighted by atomic mass is 10.1. The lowest BCUT2D eigenvalue weighted by Gasteiger charge is -2.38. The largest absolute Gasteiger partial charge is 0.495 e. The number of aryl methyl sites for hydroxylation is 1. The summed E-state index contributed by atoms with van der Waals surface area (Å²) >= 11 is 12.4. The lowest BCUT2D eigenvalue weighted by Crippen LogP contribution is -2.55. The second kappa shape index (κ2) is 11.7. The Balaban J connectivity index is 1.53. The molecular weight excluding hydrogens is 533 g/mol. The Labute approximate surface area is 228 Å². The molecule has 0 aromatic heterocycles. The summed E-state index contributed by atoms with van der Waals surface area (Å²) in [6.45, 7) is 4.19. The van der Waals surface area contributed by atoms with Crippen LogP contribution in [0.5, 0.6) is 5.75 Å². The van der Waals surface area contributed by atoms with E-state index >= 15 is 0 Å². The quantitative estimate of drug-likeness (QED) is 0.436. The molecule has 0 spiro atoms. The van der Waals surface area contributed by atoms with Crippen LogP contribution in [0.15, 0.2) is 71.6 Å². The summed E-state index contributed by atoms with van der Waals surface area (Å²) < 4.78 is 34.3. The van der Waals surface area contributed by atoms with Crippen molar-refractivity contribution in [1.29, 1.82) is 0 Å². The fraction of sp³-hybridized carbons (Fsp3) is 0.296. The first kappa shape index (κ1) is 27.3. The molecule has 3 aromatic carbocycles. The number of carbonyl (C=O) groups excluding carboxylic acids is 1. The highest BCUT2D eigenvalue weighted by molar-refractivity contribution is 7.89. The number of hydrogen-bond acceptors (Lipinski definition) is 5. The van der Waals surface area contributed by atoms with Crippen LogP contribution in [0.1, 0.15) is 11.1 Å².